The molecule has 0 saturated carbocycles. The lowest BCUT2D eigenvalue weighted by molar-refractivity contribution is 0.0954. The van der Waals surface area contributed by atoms with Gasteiger partial charge in [0.25, 0.3) is 5.91 Å². The van der Waals surface area contributed by atoms with Crippen LogP contribution in [0.25, 0.3) is 0 Å². The zero-order valence-corrected chi connectivity index (χ0v) is 21.6. The summed E-state index contributed by atoms with van der Waals surface area (Å²) in [5.74, 6) is 1.000. The van der Waals surface area contributed by atoms with Gasteiger partial charge >= 0.3 is 6.03 Å². The molecule has 0 aliphatic rings. The summed E-state index contributed by atoms with van der Waals surface area (Å²) in [5, 5.41) is 6.43. The number of carbonyl (C=O) groups is 2. The first-order valence-electron chi connectivity index (χ1n) is 11.6. The van der Waals surface area contributed by atoms with Crippen molar-refractivity contribution >= 4 is 46.5 Å². The number of amides is 3. The molecule has 0 saturated heterocycles. The molecule has 37 heavy (non-hydrogen) atoms. The molecule has 2 N–H and O–H groups in total. The van der Waals surface area contributed by atoms with Gasteiger partial charge in [-0.2, -0.15) is 0 Å². The summed E-state index contributed by atoms with van der Waals surface area (Å²) >= 11 is 12.1. The van der Waals surface area contributed by atoms with Crippen LogP contribution in [0.4, 0.5) is 16.2 Å². The van der Waals surface area contributed by atoms with E-state index in [0.717, 1.165) is 5.56 Å². The molecule has 188 valence electrons. The van der Waals surface area contributed by atoms with E-state index in [2.05, 4.69) is 10.6 Å². The molecule has 0 atom stereocenters. The lowest BCUT2D eigenvalue weighted by Crippen LogP contribution is -2.41. The first-order valence-corrected chi connectivity index (χ1v) is 12.4. The minimum atomic E-state index is -0.354. The molecule has 6 nitrogen and oxygen atoms in total. The summed E-state index contributed by atoms with van der Waals surface area (Å²) in [6.45, 7) is 2.39. The van der Waals surface area contributed by atoms with Crippen LogP contribution in [0.3, 0.4) is 0 Å². The number of anilines is 2. The maximum absolute atomic E-state index is 13.2. The number of benzene rings is 4. The number of halogens is 2. The first kappa shape index (κ1) is 26.1. The Kier molecular flexibility index (Phi) is 8.67. The van der Waals surface area contributed by atoms with E-state index in [4.69, 9.17) is 27.9 Å². The highest BCUT2D eigenvalue weighted by molar-refractivity contribution is 6.36. The average molecular weight is 534 g/mol. The van der Waals surface area contributed by atoms with Gasteiger partial charge in [-0.05, 0) is 73.7 Å². The molecule has 0 bridgehead atoms. The first-order chi connectivity index (χ1) is 17.9. The summed E-state index contributed by atoms with van der Waals surface area (Å²) in [6, 6.07) is 28.5. The van der Waals surface area contributed by atoms with Gasteiger partial charge in [-0.25, -0.2) is 4.79 Å². The predicted octanol–water partition coefficient (Wildman–Crippen LogP) is 7.56. The Hall–Kier alpha value is -4.00. The molecule has 8 heteroatoms. The molecule has 3 amide bonds. The Morgan fingerprint density at radius 1 is 0.838 bits per heavy atom. The highest BCUT2D eigenvalue weighted by Crippen LogP contribution is 2.25. The van der Waals surface area contributed by atoms with Gasteiger partial charge in [0, 0.05) is 29.5 Å². The van der Waals surface area contributed by atoms with Crippen molar-refractivity contribution in [1.82, 2.24) is 5.32 Å². The minimum Gasteiger partial charge on any atom is -0.457 e. The van der Waals surface area contributed by atoms with Crippen LogP contribution in [0, 0.1) is 6.92 Å². The molecule has 4 aromatic carbocycles. The molecule has 0 heterocycles. The largest absolute Gasteiger partial charge is 0.457 e. The van der Waals surface area contributed by atoms with E-state index in [0.29, 0.717) is 33.5 Å². The summed E-state index contributed by atoms with van der Waals surface area (Å²) in [4.78, 5) is 27.4. The second kappa shape index (κ2) is 12.3. The fourth-order valence-corrected chi connectivity index (χ4v) is 4.04. The quantitative estimate of drug-likeness (QED) is 0.245. The van der Waals surface area contributed by atoms with Crippen LogP contribution in [0.1, 0.15) is 15.9 Å². The molecule has 0 spiro atoms. The van der Waals surface area contributed by atoms with Crippen molar-refractivity contribution in [2.75, 3.05) is 23.3 Å². The van der Waals surface area contributed by atoms with Gasteiger partial charge in [0.2, 0.25) is 0 Å². The standard InChI is InChI=1S/C29H25Cl2N3O3/c1-20-7-10-22(11-8-20)33-29(36)34(18-17-32-28(35)26-16-9-21(30)19-27(26)31)23-12-14-25(15-13-23)37-24-5-3-2-4-6-24/h2-16,19H,17-18H2,1H3,(H,32,35)(H,33,36). The Labute approximate surface area is 225 Å². The fourth-order valence-electron chi connectivity index (χ4n) is 3.54. The highest BCUT2D eigenvalue weighted by Gasteiger charge is 2.18. The van der Waals surface area contributed by atoms with Gasteiger partial charge in [-0.3, -0.25) is 9.69 Å². The summed E-state index contributed by atoms with van der Waals surface area (Å²) in [5.41, 5.74) is 2.71. The Morgan fingerprint density at radius 2 is 1.51 bits per heavy atom. The van der Waals surface area contributed by atoms with E-state index in [1.807, 2.05) is 61.5 Å². The lowest BCUT2D eigenvalue weighted by atomic mass is 10.2. The van der Waals surface area contributed by atoms with Crippen molar-refractivity contribution in [2.45, 2.75) is 6.92 Å². The zero-order chi connectivity index (χ0) is 26.2. The van der Waals surface area contributed by atoms with Crippen LogP contribution in [-0.2, 0) is 0 Å². The van der Waals surface area contributed by atoms with Gasteiger partial charge in [0.05, 0.1) is 10.6 Å². The molecule has 0 aliphatic heterocycles. The molecule has 4 aromatic rings. The average Bonchev–Trinajstić information content (AvgIpc) is 2.89. The molecule has 0 aliphatic carbocycles. The SMILES string of the molecule is Cc1ccc(NC(=O)N(CCNC(=O)c2ccc(Cl)cc2Cl)c2ccc(Oc3ccccc3)cc2)cc1. The molecular formula is C29H25Cl2N3O3. The van der Waals surface area contributed by atoms with Gasteiger partial charge in [0.1, 0.15) is 11.5 Å². The van der Waals surface area contributed by atoms with Crippen LogP contribution in [-0.4, -0.2) is 25.0 Å². The van der Waals surface area contributed by atoms with E-state index in [1.165, 1.54) is 6.07 Å². The summed E-state index contributed by atoms with van der Waals surface area (Å²) in [6.07, 6.45) is 0. The second-order valence-corrected chi connectivity index (χ2v) is 9.08. The molecular weight excluding hydrogens is 509 g/mol. The molecule has 0 fully saturated rings. The van der Waals surface area contributed by atoms with Gasteiger partial charge < -0.3 is 15.4 Å². The molecule has 0 unspecified atom stereocenters. The topological polar surface area (TPSA) is 70.7 Å². The normalized spacial score (nSPS) is 10.5. The third-order valence-corrected chi connectivity index (χ3v) is 6.02. The van der Waals surface area contributed by atoms with Gasteiger partial charge in [-0.1, -0.05) is 59.1 Å². The Bertz CT molecular complexity index is 1360. The van der Waals surface area contributed by atoms with Crippen molar-refractivity contribution < 1.29 is 14.3 Å². The van der Waals surface area contributed by atoms with E-state index in [9.17, 15) is 9.59 Å². The Morgan fingerprint density at radius 3 is 2.19 bits per heavy atom. The number of hydrogen-bond acceptors (Lipinski definition) is 3. The molecule has 4 rings (SSSR count). The predicted molar refractivity (Wildman–Crippen MR) is 149 cm³/mol. The van der Waals surface area contributed by atoms with Crippen LogP contribution in [0.5, 0.6) is 11.5 Å². The van der Waals surface area contributed by atoms with Crippen LogP contribution in [0.15, 0.2) is 97.1 Å². The number of nitrogens with zero attached hydrogens (tertiary/aromatic N) is 1. The molecule has 0 radical (unpaired) electrons. The van der Waals surface area contributed by atoms with E-state index >= 15 is 0 Å². The van der Waals surface area contributed by atoms with Crippen molar-refractivity contribution in [3.63, 3.8) is 0 Å². The number of hydrogen-bond donors (Lipinski definition) is 2. The monoisotopic (exact) mass is 533 g/mol. The maximum Gasteiger partial charge on any atom is 0.326 e. The van der Waals surface area contributed by atoms with Gasteiger partial charge in [-0.15, -0.1) is 0 Å². The van der Waals surface area contributed by atoms with Crippen molar-refractivity contribution in [3.05, 3.63) is 118 Å². The van der Waals surface area contributed by atoms with E-state index < -0.39 is 0 Å². The van der Waals surface area contributed by atoms with E-state index in [1.54, 1.807) is 41.3 Å². The highest BCUT2D eigenvalue weighted by atomic mass is 35.5. The second-order valence-electron chi connectivity index (χ2n) is 8.24. The third-order valence-electron chi connectivity index (χ3n) is 5.47. The lowest BCUT2D eigenvalue weighted by Gasteiger charge is -2.24. The van der Waals surface area contributed by atoms with Crippen molar-refractivity contribution in [1.29, 1.82) is 0 Å². The number of urea groups is 1. The van der Waals surface area contributed by atoms with Crippen LogP contribution in [0.2, 0.25) is 10.0 Å². The number of aryl methyl sites for hydroxylation is 1. The number of ether oxygens (including phenoxy) is 1. The molecule has 0 aromatic heterocycles. The number of rotatable bonds is 8. The van der Waals surface area contributed by atoms with Gasteiger partial charge in [0.15, 0.2) is 0 Å². The zero-order valence-electron chi connectivity index (χ0n) is 20.1. The summed E-state index contributed by atoms with van der Waals surface area (Å²) < 4.78 is 5.86. The van der Waals surface area contributed by atoms with Crippen molar-refractivity contribution in [3.8, 4) is 11.5 Å². The number of nitrogens with one attached hydrogen (secondary N) is 2. The van der Waals surface area contributed by atoms with Crippen LogP contribution < -0.4 is 20.3 Å². The minimum absolute atomic E-state index is 0.196. The smallest absolute Gasteiger partial charge is 0.326 e. The van der Waals surface area contributed by atoms with Crippen LogP contribution >= 0.6 is 23.2 Å². The van der Waals surface area contributed by atoms with E-state index in [-0.39, 0.29) is 30.1 Å². The maximum atomic E-state index is 13.2. The number of para-hydroxylation sites is 1. The number of carbonyl (C=O) groups excluding carboxylic acids is 2. The van der Waals surface area contributed by atoms with Crippen molar-refractivity contribution in [2.24, 2.45) is 0 Å². The fraction of sp³-hybridized carbons (Fsp3) is 0.103. The summed E-state index contributed by atoms with van der Waals surface area (Å²) in [7, 11) is 0. The third kappa shape index (κ3) is 7.26. The Balaban J connectivity index is 1.47.